The summed E-state index contributed by atoms with van der Waals surface area (Å²) in [7, 11) is 0. The van der Waals surface area contributed by atoms with Gasteiger partial charge in [-0.1, -0.05) is 44.2 Å². The van der Waals surface area contributed by atoms with Gasteiger partial charge in [0.1, 0.15) is 0 Å². The number of nitrogens with one attached hydrogen (secondary N) is 1. The highest BCUT2D eigenvalue weighted by molar-refractivity contribution is 5.55. The summed E-state index contributed by atoms with van der Waals surface area (Å²) in [5, 5.41) is 22.5. The topological polar surface area (TPSA) is 94.1 Å². The smallest absolute Gasteiger partial charge is 0.269 e. The highest BCUT2D eigenvalue weighted by Crippen LogP contribution is 2.27. The van der Waals surface area contributed by atoms with Crippen LogP contribution in [0.15, 0.2) is 59.0 Å². The molecule has 140 valence electrons. The van der Waals surface area contributed by atoms with Crippen LogP contribution in [0.2, 0.25) is 0 Å². The highest BCUT2D eigenvalue weighted by atomic mass is 16.6. The van der Waals surface area contributed by atoms with E-state index in [2.05, 4.69) is 41.5 Å². The van der Waals surface area contributed by atoms with Crippen molar-refractivity contribution in [2.75, 3.05) is 0 Å². The number of aromatic nitrogens is 2. The Bertz CT molecular complexity index is 891. The van der Waals surface area contributed by atoms with Crippen LogP contribution < -0.4 is 5.32 Å². The van der Waals surface area contributed by atoms with E-state index in [0.29, 0.717) is 23.3 Å². The molecule has 3 aromatic rings. The molecule has 2 aromatic carbocycles. The minimum Gasteiger partial charge on any atom is -0.419 e. The van der Waals surface area contributed by atoms with Gasteiger partial charge in [0.05, 0.1) is 11.0 Å². The number of hydrogen-bond acceptors (Lipinski definition) is 6. The maximum atomic E-state index is 10.8. The van der Waals surface area contributed by atoms with Gasteiger partial charge in [-0.25, -0.2) is 0 Å². The van der Waals surface area contributed by atoms with Crippen LogP contribution in [0.4, 0.5) is 5.69 Å². The number of benzene rings is 2. The first-order valence-electron chi connectivity index (χ1n) is 8.85. The van der Waals surface area contributed by atoms with Gasteiger partial charge in [-0.15, -0.1) is 10.2 Å². The average Bonchev–Trinajstić information content (AvgIpc) is 3.17. The second kappa shape index (κ2) is 8.09. The molecule has 0 unspecified atom stereocenters. The van der Waals surface area contributed by atoms with E-state index < -0.39 is 4.92 Å². The molecule has 1 N–H and O–H groups in total. The molecule has 7 heteroatoms. The molecule has 7 nitrogen and oxygen atoms in total. The van der Waals surface area contributed by atoms with E-state index >= 15 is 0 Å². The van der Waals surface area contributed by atoms with Crippen molar-refractivity contribution in [3.05, 3.63) is 76.2 Å². The lowest BCUT2D eigenvalue weighted by Gasteiger charge is -2.25. The molecule has 0 aliphatic carbocycles. The second-order valence-electron chi connectivity index (χ2n) is 6.77. The molecule has 0 amide bonds. The summed E-state index contributed by atoms with van der Waals surface area (Å²) in [4.78, 5) is 10.3. The number of hydrogen-bond donors (Lipinski definition) is 1. The van der Waals surface area contributed by atoms with Crippen LogP contribution >= 0.6 is 0 Å². The number of nitro benzene ring substituents is 1. The van der Waals surface area contributed by atoms with E-state index in [1.807, 2.05) is 25.1 Å². The van der Waals surface area contributed by atoms with Gasteiger partial charge in [0.25, 0.3) is 5.69 Å². The lowest BCUT2D eigenvalue weighted by atomic mass is 9.95. The third-order valence-electron chi connectivity index (χ3n) is 4.39. The van der Waals surface area contributed by atoms with Crippen LogP contribution in [0.25, 0.3) is 11.5 Å². The molecule has 27 heavy (non-hydrogen) atoms. The summed E-state index contributed by atoms with van der Waals surface area (Å²) in [5.41, 5.74) is 1.88. The van der Waals surface area contributed by atoms with Crippen LogP contribution in [0.1, 0.15) is 44.3 Å². The molecule has 2 atom stereocenters. The van der Waals surface area contributed by atoms with Crippen molar-refractivity contribution in [2.24, 2.45) is 5.92 Å². The molecule has 1 aromatic heterocycles. The van der Waals surface area contributed by atoms with Crippen molar-refractivity contribution >= 4 is 5.69 Å². The Morgan fingerprint density at radius 3 is 2.26 bits per heavy atom. The molecule has 0 bridgehead atoms. The van der Waals surface area contributed by atoms with Crippen molar-refractivity contribution < 1.29 is 9.34 Å². The van der Waals surface area contributed by atoms with Gasteiger partial charge in [-0.3, -0.25) is 15.4 Å². The highest BCUT2D eigenvalue weighted by Gasteiger charge is 2.22. The summed E-state index contributed by atoms with van der Waals surface area (Å²) in [6.07, 6.45) is 0. The molecule has 0 saturated heterocycles. The molecule has 0 fully saturated rings. The van der Waals surface area contributed by atoms with Crippen LogP contribution in [0.5, 0.6) is 0 Å². The summed E-state index contributed by atoms with van der Waals surface area (Å²) in [5.74, 6) is 1.20. The number of non-ortho nitro benzene ring substituents is 1. The van der Waals surface area contributed by atoms with Gasteiger partial charge in [0.2, 0.25) is 11.8 Å². The van der Waals surface area contributed by atoms with Gasteiger partial charge in [0, 0.05) is 23.7 Å². The lowest BCUT2D eigenvalue weighted by molar-refractivity contribution is -0.384. The molecular formula is C20H22N4O3. The molecule has 3 rings (SSSR count). The Morgan fingerprint density at radius 2 is 1.67 bits per heavy atom. The molecule has 0 saturated carbocycles. The first-order valence-corrected chi connectivity index (χ1v) is 8.85. The van der Waals surface area contributed by atoms with E-state index in [0.717, 1.165) is 0 Å². The van der Waals surface area contributed by atoms with Gasteiger partial charge in [-0.05, 0) is 30.5 Å². The van der Waals surface area contributed by atoms with E-state index in [1.54, 1.807) is 12.1 Å². The predicted molar refractivity (Wildman–Crippen MR) is 102 cm³/mol. The van der Waals surface area contributed by atoms with Crippen molar-refractivity contribution in [3.8, 4) is 11.5 Å². The second-order valence-corrected chi connectivity index (χ2v) is 6.77. The van der Waals surface area contributed by atoms with Crippen molar-refractivity contribution in [2.45, 2.75) is 32.9 Å². The molecular weight excluding hydrogens is 344 g/mol. The van der Waals surface area contributed by atoms with Crippen LogP contribution in [0.3, 0.4) is 0 Å². The Kier molecular flexibility index (Phi) is 5.61. The fraction of sp³-hybridized carbons (Fsp3) is 0.300. The van der Waals surface area contributed by atoms with Gasteiger partial charge < -0.3 is 4.42 Å². The fourth-order valence-corrected chi connectivity index (χ4v) is 2.93. The Balaban J connectivity index is 1.76. The summed E-state index contributed by atoms with van der Waals surface area (Å²) in [6, 6.07) is 16.3. The van der Waals surface area contributed by atoms with Gasteiger partial charge in [0.15, 0.2) is 0 Å². The van der Waals surface area contributed by atoms with Crippen LogP contribution in [-0.2, 0) is 0 Å². The van der Waals surface area contributed by atoms with Crippen molar-refractivity contribution in [3.63, 3.8) is 0 Å². The number of nitro groups is 1. The standard InChI is InChI=1S/C20H22N4O3/c1-13(2)18(15-7-5-4-6-8-15)21-14(3)19-22-23-20(27-19)16-9-11-17(12-10-16)24(25)26/h4-14,18,21H,1-3H3/t14-,18+/m1/s1. The Labute approximate surface area is 157 Å². The quantitative estimate of drug-likeness (QED) is 0.481. The zero-order valence-electron chi connectivity index (χ0n) is 15.5. The molecule has 0 radical (unpaired) electrons. The van der Waals surface area contributed by atoms with Crippen molar-refractivity contribution in [1.82, 2.24) is 15.5 Å². The first kappa shape index (κ1) is 18.7. The lowest BCUT2D eigenvalue weighted by Crippen LogP contribution is -2.28. The first-order chi connectivity index (χ1) is 13.0. The minimum absolute atomic E-state index is 0.0242. The van der Waals surface area contributed by atoms with Gasteiger partial charge in [-0.2, -0.15) is 0 Å². The molecule has 0 aliphatic rings. The SMILES string of the molecule is CC(C)[C@H](N[C@H](C)c1nnc(-c2ccc([N+](=O)[O-])cc2)o1)c1ccccc1. The normalized spacial score (nSPS) is 13.5. The van der Waals surface area contributed by atoms with E-state index in [9.17, 15) is 10.1 Å². The summed E-state index contributed by atoms with van der Waals surface area (Å²) >= 11 is 0. The number of rotatable bonds is 7. The monoisotopic (exact) mass is 366 g/mol. The predicted octanol–water partition coefficient (Wildman–Crippen LogP) is 4.69. The molecule has 1 heterocycles. The zero-order chi connectivity index (χ0) is 19.4. The van der Waals surface area contributed by atoms with Crippen molar-refractivity contribution in [1.29, 1.82) is 0 Å². The maximum absolute atomic E-state index is 10.8. The summed E-state index contributed by atoms with van der Waals surface area (Å²) < 4.78 is 5.79. The largest absolute Gasteiger partial charge is 0.419 e. The van der Waals surface area contributed by atoms with E-state index in [1.165, 1.54) is 17.7 Å². The van der Waals surface area contributed by atoms with E-state index in [-0.39, 0.29) is 17.8 Å². The fourth-order valence-electron chi connectivity index (χ4n) is 2.93. The minimum atomic E-state index is -0.440. The third-order valence-corrected chi connectivity index (χ3v) is 4.39. The average molecular weight is 366 g/mol. The molecule has 0 spiro atoms. The maximum Gasteiger partial charge on any atom is 0.269 e. The third kappa shape index (κ3) is 4.38. The van der Waals surface area contributed by atoms with Crippen LogP contribution in [0, 0.1) is 16.0 Å². The van der Waals surface area contributed by atoms with E-state index in [4.69, 9.17) is 4.42 Å². The summed E-state index contributed by atoms with van der Waals surface area (Å²) in [6.45, 7) is 6.30. The Morgan fingerprint density at radius 1 is 1.00 bits per heavy atom. The van der Waals surface area contributed by atoms with Gasteiger partial charge >= 0.3 is 0 Å². The molecule has 0 aliphatic heterocycles. The zero-order valence-corrected chi connectivity index (χ0v) is 15.5. The van der Waals surface area contributed by atoms with Crippen LogP contribution in [-0.4, -0.2) is 15.1 Å². The number of nitrogens with zero attached hydrogens (tertiary/aromatic N) is 3. The Hall–Kier alpha value is -3.06.